The van der Waals surface area contributed by atoms with Crippen LogP contribution in [0.15, 0.2) is 220 Å². The van der Waals surface area contributed by atoms with E-state index in [1.165, 1.54) is 45.2 Å². The third-order valence-electron chi connectivity index (χ3n) is 15.9. The summed E-state index contributed by atoms with van der Waals surface area (Å²) in [5.74, 6) is -1.36. The normalized spacial score (nSPS) is 13.9. The van der Waals surface area contributed by atoms with Crippen molar-refractivity contribution >= 4 is 47.2 Å². The van der Waals surface area contributed by atoms with Gasteiger partial charge in [-0.3, -0.25) is 79.0 Å². The molecule has 1 N–H and O–H groups in total. The zero-order valence-electron chi connectivity index (χ0n) is 51.2. The molecule has 20 heteroatoms. The number of carbonyl (C=O) groups is 7. The maximum atomic E-state index is 13.9. The Kier molecular flexibility index (Phi) is 24.3. The predicted molar refractivity (Wildman–Crippen MR) is 342 cm³/mol. The summed E-state index contributed by atoms with van der Waals surface area (Å²) in [6, 6.07) is 35.7. The average molecular weight is 1220 g/mol. The van der Waals surface area contributed by atoms with Crippen molar-refractivity contribution in [3.8, 4) is 5.75 Å². The largest absolute Gasteiger partial charge is 0.497 e. The van der Waals surface area contributed by atoms with Gasteiger partial charge in [0.1, 0.15) is 16.6 Å². The van der Waals surface area contributed by atoms with E-state index in [4.69, 9.17) is 4.74 Å². The number of anilines is 1. The molecular formula is C71H72N12O8. The van der Waals surface area contributed by atoms with Crippen LogP contribution >= 0.6 is 0 Å². The molecule has 8 amide bonds. The van der Waals surface area contributed by atoms with E-state index >= 15 is 0 Å². The third-order valence-corrected chi connectivity index (χ3v) is 15.9. The molecule has 91 heavy (non-hydrogen) atoms. The molecule has 9 aromatic rings. The van der Waals surface area contributed by atoms with Crippen LogP contribution in [0.3, 0.4) is 0 Å². The second kappa shape index (κ2) is 33.5. The molecule has 464 valence electrons. The highest BCUT2D eigenvalue weighted by Gasteiger charge is 2.55. The summed E-state index contributed by atoms with van der Waals surface area (Å²) in [5, 5.41) is 2.42. The molecule has 2 aliphatic heterocycles. The minimum atomic E-state index is -1.41. The van der Waals surface area contributed by atoms with E-state index < -0.39 is 46.5 Å². The van der Waals surface area contributed by atoms with Gasteiger partial charge in [-0.25, -0.2) is 14.5 Å². The number of hydrogen-bond donors (Lipinski definition) is 1. The molecular weight excluding hydrogens is 1150 g/mol. The summed E-state index contributed by atoms with van der Waals surface area (Å²) in [7, 11) is 4.37. The minimum absolute atomic E-state index is 0.101. The Morgan fingerprint density at radius 3 is 1.11 bits per heavy atom. The molecule has 1 aromatic carbocycles. The van der Waals surface area contributed by atoms with Crippen molar-refractivity contribution in [1.82, 2.24) is 55.0 Å². The van der Waals surface area contributed by atoms with Crippen molar-refractivity contribution in [2.75, 3.05) is 26.1 Å². The Morgan fingerprint density at radius 2 is 0.747 bits per heavy atom. The smallest absolute Gasteiger partial charge is 0.335 e. The van der Waals surface area contributed by atoms with Gasteiger partial charge in [0.15, 0.2) is 5.78 Å². The number of ether oxygens (including phenoxy) is 1. The summed E-state index contributed by atoms with van der Waals surface area (Å²) in [5.41, 5.74) is 6.02. The van der Waals surface area contributed by atoms with Gasteiger partial charge < -0.3 is 4.74 Å². The van der Waals surface area contributed by atoms with Crippen LogP contribution in [0.25, 0.3) is 0 Å². The van der Waals surface area contributed by atoms with Crippen LogP contribution < -0.4 is 15.0 Å². The molecule has 0 atom stereocenters. The SMILES string of the molecule is CN1C(=O)N(C)C(=O)C(CCc2ccncc2)(CCc2ccncc2)C1=O.COc1cccc(N2C(=O)NC(=O)C(CCc3ccncc3)(CCc3ccncc3)C2=O)c1.O=C(Cc1ccncc1)c1ccncc1.c1cc(CCCCc2ccncc2)ccn1. The molecule has 0 spiro atoms. The molecule has 2 saturated heterocycles. The topological polar surface area (TPSA) is 254 Å². The fourth-order valence-corrected chi connectivity index (χ4v) is 10.6. The summed E-state index contributed by atoms with van der Waals surface area (Å²) >= 11 is 0. The number of benzene rings is 1. The zero-order valence-corrected chi connectivity index (χ0v) is 51.2. The molecule has 11 rings (SSSR count). The minimum Gasteiger partial charge on any atom is -0.497 e. The van der Waals surface area contributed by atoms with E-state index in [1.54, 1.807) is 111 Å². The molecule has 10 heterocycles. The number of nitrogens with zero attached hydrogens (tertiary/aromatic N) is 11. The van der Waals surface area contributed by atoms with E-state index in [2.05, 4.69) is 69.5 Å². The standard InChI is InChI=1S/C25H24N4O4.C20H22N4O3.C14H16N2.C12H10N2O/c1-33-21-4-2-3-20(17-21)29-23(31)25(22(30)28-24(29)32,11-5-18-7-13-26-14-8-18)12-6-19-9-15-27-16-10-19;1-23-17(25)20(18(26)24(2)19(23)27,9-3-15-5-11-21-12-6-15)10-4-16-7-13-22-14-8-16;1(3-13-5-9-15-10-6-13)2-4-14-7-11-16-12-8-14;15-12(11-3-7-14-8-4-11)9-10-1-5-13-6-2-10/h2-4,7-10,13-17H,5-6,11-12H2,1H3,(H,28,30,32);5-8,11-14H,3-4,9-10H2,1-2H3;5-12H,1-4H2;1-8H,9H2. The predicted octanol–water partition coefficient (Wildman–Crippen LogP) is 10.3. The van der Waals surface area contributed by atoms with Crippen molar-refractivity contribution < 1.29 is 38.3 Å². The maximum absolute atomic E-state index is 13.9. The molecule has 0 bridgehead atoms. The molecule has 2 aliphatic rings. The van der Waals surface area contributed by atoms with Gasteiger partial charge in [-0.1, -0.05) is 6.07 Å². The summed E-state index contributed by atoms with van der Waals surface area (Å²) in [4.78, 5) is 125. The number of nitrogens with one attached hydrogen (secondary N) is 1. The molecule has 0 saturated carbocycles. The zero-order chi connectivity index (χ0) is 64.3. The Bertz CT molecular complexity index is 3640. The lowest BCUT2D eigenvalue weighted by Crippen LogP contribution is -2.64. The number of unbranched alkanes of at least 4 members (excludes halogenated alkanes) is 1. The van der Waals surface area contributed by atoms with E-state index in [0.29, 0.717) is 61.9 Å². The number of imide groups is 4. The van der Waals surface area contributed by atoms with E-state index in [0.717, 1.165) is 55.4 Å². The number of ketones is 1. The Labute approximate surface area is 529 Å². The summed E-state index contributed by atoms with van der Waals surface area (Å²) in [6.45, 7) is 0. The van der Waals surface area contributed by atoms with Crippen LogP contribution in [0.2, 0.25) is 0 Å². The van der Waals surface area contributed by atoms with Crippen LogP contribution in [0, 0.1) is 10.8 Å². The molecule has 8 aromatic heterocycles. The van der Waals surface area contributed by atoms with Gasteiger partial charge in [-0.15, -0.1) is 0 Å². The van der Waals surface area contributed by atoms with Crippen molar-refractivity contribution in [3.05, 3.63) is 265 Å². The van der Waals surface area contributed by atoms with E-state index in [1.807, 2.05) is 85.5 Å². The quantitative estimate of drug-likeness (QED) is 0.0376. The van der Waals surface area contributed by atoms with Gasteiger partial charge in [0, 0.05) is 131 Å². The first kappa shape index (κ1) is 66.1. The number of carbonyl (C=O) groups excluding carboxylic acids is 7. The van der Waals surface area contributed by atoms with Crippen LogP contribution in [0.4, 0.5) is 15.3 Å². The molecule has 0 radical (unpaired) electrons. The highest BCUT2D eigenvalue weighted by molar-refractivity contribution is 6.30. The molecule has 0 unspecified atom stereocenters. The lowest BCUT2D eigenvalue weighted by molar-refractivity contribution is -0.158. The van der Waals surface area contributed by atoms with Crippen molar-refractivity contribution in [2.45, 2.75) is 83.5 Å². The first-order valence-corrected chi connectivity index (χ1v) is 29.9. The van der Waals surface area contributed by atoms with Gasteiger partial charge >= 0.3 is 12.1 Å². The second-order valence-corrected chi connectivity index (χ2v) is 21.8. The number of rotatable bonds is 22. The van der Waals surface area contributed by atoms with Crippen LogP contribution in [0.1, 0.15) is 87.8 Å². The van der Waals surface area contributed by atoms with Gasteiger partial charge in [-0.2, -0.15) is 0 Å². The number of methoxy groups -OCH3 is 1. The van der Waals surface area contributed by atoms with Crippen molar-refractivity contribution in [1.29, 1.82) is 0 Å². The van der Waals surface area contributed by atoms with Gasteiger partial charge in [0.2, 0.25) is 17.7 Å². The average Bonchev–Trinajstić information content (AvgIpc) is 0.930. The first-order chi connectivity index (χ1) is 44.3. The molecule has 20 nitrogen and oxygen atoms in total. The Balaban J connectivity index is 0.000000165. The maximum Gasteiger partial charge on any atom is 0.335 e. The second-order valence-electron chi connectivity index (χ2n) is 21.8. The molecule has 2 fully saturated rings. The lowest BCUT2D eigenvalue weighted by Gasteiger charge is -2.42. The van der Waals surface area contributed by atoms with Crippen LogP contribution in [-0.2, 0) is 64.1 Å². The fourth-order valence-electron chi connectivity index (χ4n) is 10.6. The van der Waals surface area contributed by atoms with Crippen LogP contribution in [-0.4, -0.2) is 112 Å². The monoisotopic (exact) mass is 1220 g/mol. The van der Waals surface area contributed by atoms with E-state index in [9.17, 15) is 33.6 Å². The number of pyridine rings is 8. The van der Waals surface area contributed by atoms with Gasteiger partial charge in [0.05, 0.1) is 12.8 Å². The van der Waals surface area contributed by atoms with Crippen LogP contribution in [0.5, 0.6) is 5.75 Å². The number of aryl methyl sites for hydroxylation is 6. The fraction of sp³-hybridized carbons (Fsp3) is 0.254. The van der Waals surface area contributed by atoms with Crippen molar-refractivity contribution in [3.63, 3.8) is 0 Å². The van der Waals surface area contributed by atoms with Gasteiger partial charge in [-0.05, 0) is 225 Å². The first-order valence-electron chi connectivity index (χ1n) is 29.9. The number of aromatic nitrogens is 8. The number of barbiturate groups is 2. The lowest BCUT2D eigenvalue weighted by atomic mass is 9.74. The molecule has 0 aliphatic carbocycles. The summed E-state index contributed by atoms with van der Waals surface area (Å²) in [6.07, 6.45) is 35.9. The third kappa shape index (κ3) is 18.3. The van der Waals surface area contributed by atoms with E-state index in [-0.39, 0.29) is 18.6 Å². The number of amides is 8. The Morgan fingerprint density at radius 1 is 0.418 bits per heavy atom. The highest BCUT2D eigenvalue weighted by atomic mass is 16.5. The Hall–Kier alpha value is -10.9. The number of hydrogen-bond acceptors (Lipinski definition) is 16. The highest BCUT2D eigenvalue weighted by Crippen LogP contribution is 2.40. The van der Waals surface area contributed by atoms with Crippen molar-refractivity contribution in [2.24, 2.45) is 10.8 Å². The summed E-state index contributed by atoms with van der Waals surface area (Å²) < 4.78 is 5.25. The number of urea groups is 2. The number of Topliss-reactive ketones (excluding diaryl/α,β-unsaturated/α-hetero) is 1. The van der Waals surface area contributed by atoms with Gasteiger partial charge in [0.25, 0.3) is 5.91 Å².